The molecular formula is C15H26O2. The molecule has 2 nitrogen and oxygen atoms in total. The first-order chi connectivity index (χ1) is 7.81. The number of aliphatic hydroxyl groups excluding tert-OH is 2. The smallest absolute Gasteiger partial charge is 0.0745 e. The van der Waals surface area contributed by atoms with Gasteiger partial charge in [-0.05, 0) is 55.8 Å². The van der Waals surface area contributed by atoms with Crippen molar-refractivity contribution >= 4 is 0 Å². The van der Waals surface area contributed by atoms with Gasteiger partial charge in [-0.1, -0.05) is 26.0 Å². The lowest BCUT2D eigenvalue weighted by atomic mass is 9.65. The van der Waals surface area contributed by atoms with E-state index in [9.17, 15) is 10.2 Å². The molecule has 2 aliphatic carbocycles. The molecule has 2 N–H and O–H groups in total. The van der Waals surface area contributed by atoms with E-state index in [1.54, 1.807) is 0 Å². The molecule has 0 radical (unpaired) electrons. The fourth-order valence-corrected chi connectivity index (χ4v) is 4.17. The van der Waals surface area contributed by atoms with Gasteiger partial charge in [0.05, 0.1) is 12.2 Å². The monoisotopic (exact) mass is 238 g/mol. The molecule has 2 aliphatic rings. The molecule has 98 valence electrons. The van der Waals surface area contributed by atoms with Gasteiger partial charge in [0.2, 0.25) is 0 Å². The van der Waals surface area contributed by atoms with Crippen LogP contribution in [0.5, 0.6) is 0 Å². The highest BCUT2D eigenvalue weighted by molar-refractivity contribution is 5.12. The Kier molecular flexibility index (Phi) is 3.16. The lowest BCUT2D eigenvalue weighted by Gasteiger charge is -2.40. The van der Waals surface area contributed by atoms with Crippen molar-refractivity contribution in [1.29, 1.82) is 0 Å². The molecule has 2 heteroatoms. The minimum atomic E-state index is -0.382. The van der Waals surface area contributed by atoms with Crippen LogP contribution >= 0.6 is 0 Å². The molecule has 17 heavy (non-hydrogen) atoms. The van der Waals surface area contributed by atoms with Gasteiger partial charge in [-0.3, -0.25) is 0 Å². The molecule has 2 saturated carbocycles. The highest BCUT2D eigenvalue weighted by Crippen LogP contribution is 2.67. The number of fused-ring (bicyclic) bond motifs is 2. The fraction of sp³-hybridized carbons (Fsp3) is 0.867. The SMILES string of the molecule is C=C(C)C(O)CC[C@@]1(C)[C@@H]2CC[C@@]1(C)[C@H](O)C2. The second-order valence-corrected chi connectivity index (χ2v) is 6.72. The lowest BCUT2D eigenvalue weighted by Crippen LogP contribution is -2.38. The van der Waals surface area contributed by atoms with Gasteiger partial charge in [-0.15, -0.1) is 0 Å². The van der Waals surface area contributed by atoms with E-state index in [2.05, 4.69) is 20.4 Å². The van der Waals surface area contributed by atoms with Crippen LogP contribution in [-0.4, -0.2) is 22.4 Å². The van der Waals surface area contributed by atoms with Gasteiger partial charge < -0.3 is 10.2 Å². The molecule has 0 aromatic rings. The van der Waals surface area contributed by atoms with Crippen molar-refractivity contribution in [2.24, 2.45) is 16.7 Å². The van der Waals surface area contributed by atoms with Crippen molar-refractivity contribution in [2.75, 3.05) is 0 Å². The van der Waals surface area contributed by atoms with E-state index in [0.29, 0.717) is 5.92 Å². The van der Waals surface area contributed by atoms with Gasteiger partial charge in [-0.25, -0.2) is 0 Å². The number of hydrogen-bond acceptors (Lipinski definition) is 2. The zero-order valence-electron chi connectivity index (χ0n) is 11.4. The van der Waals surface area contributed by atoms with Gasteiger partial charge in [0.1, 0.15) is 0 Å². The van der Waals surface area contributed by atoms with Gasteiger partial charge in [0.15, 0.2) is 0 Å². The van der Waals surface area contributed by atoms with Crippen molar-refractivity contribution in [3.8, 4) is 0 Å². The zero-order chi connectivity index (χ0) is 12.8. The second-order valence-electron chi connectivity index (χ2n) is 6.72. The van der Waals surface area contributed by atoms with Crippen molar-refractivity contribution in [2.45, 2.75) is 65.1 Å². The summed E-state index contributed by atoms with van der Waals surface area (Å²) in [4.78, 5) is 0. The van der Waals surface area contributed by atoms with Crippen LogP contribution in [0.1, 0.15) is 52.9 Å². The molecule has 0 aliphatic heterocycles. The average Bonchev–Trinajstić information content (AvgIpc) is 2.61. The molecule has 2 rings (SSSR count). The quantitative estimate of drug-likeness (QED) is 0.739. The molecule has 0 amide bonds. The third kappa shape index (κ3) is 1.77. The summed E-state index contributed by atoms with van der Waals surface area (Å²) in [5, 5.41) is 20.1. The molecule has 0 heterocycles. The number of rotatable bonds is 4. The first-order valence-corrected chi connectivity index (χ1v) is 6.83. The summed E-state index contributed by atoms with van der Waals surface area (Å²) in [6, 6.07) is 0. The Balaban J connectivity index is 2.07. The minimum Gasteiger partial charge on any atom is -0.393 e. The topological polar surface area (TPSA) is 40.5 Å². The summed E-state index contributed by atoms with van der Waals surface area (Å²) in [7, 11) is 0. The van der Waals surface area contributed by atoms with Gasteiger partial charge in [0, 0.05) is 0 Å². The Bertz CT molecular complexity index is 325. The van der Waals surface area contributed by atoms with E-state index in [0.717, 1.165) is 31.3 Å². The van der Waals surface area contributed by atoms with Crippen molar-refractivity contribution in [3.05, 3.63) is 12.2 Å². The Morgan fingerprint density at radius 2 is 2.12 bits per heavy atom. The second kappa shape index (κ2) is 4.10. The maximum atomic E-state index is 10.2. The Hall–Kier alpha value is -0.340. The number of aliphatic hydroxyl groups is 2. The third-order valence-corrected chi connectivity index (χ3v) is 5.97. The Morgan fingerprint density at radius 1 is 1.47 bits per heavy atom. The predicted molar refractivity (Wildman–Crippen MR) is 69.6 cm³/mol. The molecule has 2 bridgehead atoms. The highest BCUT2D eigenvalue weighted by atomic mass is 16.3. The van der Waals surface area contributed by atoms with Crippen LogP contribution in [0, 0.1) is 16.7 Å². The summed E-state index contributed by atoms with van der Waals surface area (Å²) in [6.45, 7) is 10.2. The van der Waals surface area contributed by atoms with E-state index in [-0.39, 0.29) is 23.0 Å². The maximum absolute atomic E-state index is 10.2. The maximum Gasteiger partial charge on any atom is 0.0745 e. The van der Waals surface area contributed by atoms with Crippen LogP contribution in [0.15, 0.2) is 12.2 Å². The summed E-state index contributed by atoms with van der Waals surface area (Å²) in [5.74, 6) is 0.639. The summed E-state index contributed by atoms with van der Waals surface area (Å²) < 4.78 is 0. The highest BCUT2D eigenvalue weighted by Gasteiger charge is 2.62. The molecule has 0 spiro atoms. The van der Waals surface area contributed by atoms with Crippen LogP contribution in [0.4, 0.5) is 0 Å². The first-order valence-electron chi connectivity index (χ1n) is 6.83. The molecule has 0 saturated heterocycles. The fourth-order valence-electron chi connectivity index (χ4n) is 4.17. The molecule has 0 aromatic heterocycles. The van der Waals surface area contributed by atoms with Crippen molar-refractivity contribution in [1.82, 2.24) is 0 Å². The summed E-state index contributed by atoms with van der Waals surface area (Å²) in [6.07, 6.45) is 4.59. The zero-order valence-corrected chi connectivity index (χ0v) is 11.4. The third-order valence-electron chi connectivity index (χ3n) is 5.97. The van der Waals surface area contributed by atoms with Crippen LogP contribution in [0.3, 0.4) is 0 Å². The van der Waals surface area contributed by atoms with Gasteiger partial charge >= 0.3 is 0 Å². The van der Waals surface area contributed by atoms with Crippen LogP contribution in [0.25, 0.3) is 0 Å². The Morgan fingerprint density at radius 3 is 2.53 bits per heavy atom. The van der Waals surface area contributed by atoms with Crippen molar-refractivity contribution in [3.63, 3.8) is 0 Å². The van der Waals surface area contributed by atoms with Crippen LogP contribution < -0.4 is 0 Å². The van der Waals surface area contributed by atoms with Gasteiger partial charge in [0.25, 0.3) is 0 Å². The minimum absolute atomic E-state index is 0.0620. The van der Waals surface area contributed by atoms with E-state index < -0.39 is 0 Å². The predicted octanol–water partition coefficient (Wildman–Crippen LogP) is 2.89. The van der Waals surface area contributed by atoms with Gasteiger partial charge in [-0.2, -0.15) is 0 Å². The van der Waals surface area contributed by atoms with E-state index in [1.807, 2.05) is 6.92 Å². The molecule has 1 unspecified atom stereocenters. The lowest BCUT2D eigenvalue weighted by molar-refractivity contribution is -0.00321. The van der Waals surface area contributed by atoms with E-state index in [4.69, 9.17) is 0 Å². The molecule has 5 atom stereocenters. The van der Waals surface area contributed by atoms with Crippen molar-refractivity contribution < 1.29 is 10.2 Å². The van der Waals surface area contributed by atoms with E-state index >= 15 is 0 Å². The van der Waals surface area contributed by atoms with Crippen LogP contribution in [-0.2, 0) is 0 Å². The summed E-state index contributed by atoms with van der Waals surface area (Å²) >= 11 is 0. The molecule has 2 fully saturated rings. The number of hydrogen-bond donors (Lipinski definition) is 2. The Labute approximate surface area is 105 Å². The molecule has 0 aromatic carbocycles. The largest absolute Gasteiger partial charge is 0.393 e. The standard InChI is InChI=1S/C15H26O2/c1-10(2)12(16)6-8-14(3)11-5-7-15(14,4)13(17)9-11/h11-13,16-17H,1,5-9H2,2-4H3/t11-,12?,13-,14+,15+/m1/s1. The molecular weight excluding hydrogens is 212 g/mol. The average molecular weight is 238 g/mol. The normalized spacial score (nSPS) is 46.2. The van der Waals surface area contributed by atoms with Crippen LogP contribution in [0.2, 0.25) is 0 Å². The van der Waals surface area contributed by atoms with E-state index in [1.165, 1.54) is 6.42 Å². The first kappa shape index (κ1) is 13.1. The summed E-state index contributed by atoms with van der Waals surface area (Å²) in [5.41, 5.74) is 1.11.